The fourth-order valence-corrected chi connectivity index (χ4v) is 2.81. The summed E-state index contributed by atoms with van der Waals surface area (Å²) in [7, 11) is 1.35. The molecular formula is C22H24BrNO4. The highest BCUT2D eigenvalue weighted by Crippen LogP contribution is 2.14. The maximum atomic E-state index is 12.3. The maximum Gasteiger partial charge on any atom is 0.328 e. The molecule has 2 aromatic rings. The second-order valence-electron chi connectivity index (χ2n) is 6.16. The number of nitrogens with one attached hydrogen (secondary N) is 1. The van der Waals surface area contributed by atoms with Crippen molar-refractivity contribution in [3.05, 3.63) is 77.5 Å². The third-order valence-corrected chi connectivity index (χ3v) is 4.33. The molecule has 0 fully saturated rings. The predicted octanol–water partition coefficient (Wildman–Crippen LogP) is 3.92. The SMILES string of the molecule is COC(=O)C(Cc1ccc(OCCBr)cc1)N/C(C)=C\C(=O)c1ccccc1. The van der Waals surface area contributed by atoms with Gasteiger partial charge in [0.2, 0.25) is 0 Å². The van der Waals surface area contributed by atoms with Gasteiger partial charge in [-0.25, -0.2) is 4.79 Å². The van der Waals surface area contributed by atoms with Gasteiger partial charge in [0.25, 0.3) is 0 Å². The van der Waals surface area contributed by atoms with Gasteiger partial charge in [-0.05, 0) is 24.6 Å². The average Bonchev–Trinajstić information content (AvgIpc) is 2.72. The second-order valence-corrected chi connectivity index (χ2v) is 6.96. The van der Waals surface area contributed by atoms with E-state index >= 15 is 0 Å². The number of methoxy groups -OCH3 is 1. The normalized spacial score (nSPS) is 12.2. The summed E-state index contributed by atoms with van der Waals surface area (Å²) < 4.78 is 10.4. The first-order chi connectivity index (χ1) is 13.5. The van der Waals surface area contributed by atoms with Crippen molar-refractivity contribution in [2.24, 2.45) is 0 Å². The van der Waals surface area contributed by atoms with Gasteiger partial charge in [0.15, 0.2) is 5.78 Å². The highest BCUT2D eigenvalue weighted by atomic mass is 79.9. The first-order valence-corrected chi connectivity index (χ1v) is 10.1. The zero-order chi connectivity index (χ0) is 20.4. The second kappa shape index (κ2) is 11.3. The van der Waals surface area contributed by atoms with Crippen molar-refractivity contribution in [3.63, 3.8) is 0 Å². The number of ether oxygens (including phenoxy) is 2. The Morgan fingerprint density at radius 1 is 1.11 bits per heavy atom. The highest BCUT2D eigenvalue weighted by molar-refractivity contribution is 9.09. The Kier molecular flexibility index (Phi) is 8.75. The summed E-state index contributed by atoms with van der Waals surface area (Å²) in [6.45, 7) is 2.35. The number of ketones is 1. The summed E-state index contributed by atoms with van der Waals surface area (Å²) in [6.07, 6.45) is 1.92. The minimum Gasteiger partial charge on any atom is -0.493 e. The van der Waals surface area contributed by atoms with Crippen molar-refractivity contribution in [3.8, 4) is 5.75 Å². The molecule has 1 atom stereocenters. The first-order valence-electron chi connectivity index (χ1n) is 8.93. The molecule has 0 saturated heterocycles. The number of allylic oxidation sites excluding steroid dienone is 2. The number of halogens is 1. The summed E-state index contributed by atoms with van der Waals surface area (Å²) in [5.41, 5.74) is 2.15. The molecule has 5 nitrogen and oxygen atoms in total. The number of alkyl halides is 1. The van der Waals surface area contributed by atoms with Crippen LogP contribution >= 0.6 is 15.9 Å². The Labute approximate surface area is 173 Å². The standard InChI is InChI=1S/C22H24BrNO4/c1-16(14-21(25)18-6-4-3-5-7-18)24-20(22(26)27-2)15-17-8-10-19(11-9-17)28-13-12-23/h3-11,14,20,24H,12-13,15H2,1-2H3/b16-14-. The van der Waals surface area contributed by atoms with E-state index in [0.29, 0.717) is 24.3 Å². The van der Waals surface area contributed by atoms with Crippen molar-refractivity contribution in [2.45, 2.75) is 19.4 Å². The van der Waals surface area contributed by atoms with E-state index in [2.05, 4.69) is 21.2 Å². The highest BCUT2D eigenvalue weighted by Gasteiger charge is 2.20. The van der Waals surface area contributed by atoms with Crippen LogP contribution in [0.4, 0.5) is 0 Å². The lowest BCUT2D eigenvalue weighted by Crippen LogP contribution is -2.38. The van der Waals surface area contributed by atoms with Crippen LogP contribution in [0, 0.1) is 0 Å². The summed E-state index contributed by atoms with van der Waals surface area (Å²) in [6, 6.07) is 16.0. The maximum absolute atomic E-state index is 12.3. The van der Waals surface area contributed by atoms with Crippen LogP contribution in [0.2, 0.25) is 0 Å². The van der Waals surface area contributed by atoms with E-state index in [4.69, 9.17) is 9.47 Å². The Balaban J connectivity index is 2.05. The zero-order valence-electron chi connectivity index (χ0n) is 16.0. The molecule has 0 saturated carbocycles. The number of esters is 1. The molecule has 148 valence electrons. The molecular weight excluding hydrogens is 422 g/mol. The van der Waals surface area contributed by atoms with Crippen molar-refractivity contribution < 1.29 is 19.1 Å². The summed E-state index contributed by atoms with van der Waals surface area (Å²) >= 11 is 3.32. The van der Waals surface area contributed by atoms with Gasteiger partial charge in [0.1, 0.15) is 11.8 Å². The number of rotatable bonds is 10. The smallest absolute Gasteiger partial charge is 0.328 e. The van der Waals surface area contributed by atoms with Crippen LogP contribution in [-0.2, 0) is 16.0 Å². The topological polar surface area (TPSA) is 64.6 Å². The van der Waals surface area contributed by atoms with E-state index < -0.39 is 6.04 Å². The minimum atomic E-state index is -0.598. The Morgan fingerprint density at radius 2 is 1.79 bits per heavy atom. The van der Waals surface area contributed by atoms with Crippen molar-refractivity contribution >= 4 is 27.7 Å². The van der Waals surface area contributed by atoms with Crippen molar-refractivity contribution in [1.29, 1.82) is 0 Å². The molecule has 0 radical (unpaired) electrons. The number of benzene rings is 2. The van der Waals surface area contributed by atoms with Crippen molar-refractivity contribution in [1.82, 2.24) is 5.32 Å². The molecule has 0 aliphatic rings. The van der Waals surface area contributed by atoms with E-state index in [1.165, 1.54) is 13.2 Å². The first kappa shape index (κ1) is 21.7. The number of carbonyl (C=O) groups excluding carboxylic acids is 2. The molecule has 2 aromatic carbocycles. The van der Waals surface area contributed by atoms with Crippen LogP contribution in [-0.4, -0.2) is 36.8 Å². The lowest BCUT2D eigenvalue weighted by Gasteiger charge is -2.18. The monoisotopic (exact) mass is 445 g/mol. The van der Waals surface area contributed by atoms with Crippen LogP contribution in [0.3, 0.4) is 0 Å². The molecule has 2 rings (SSSR count). The van der Waals surface area contributed by atoms with Gasteiger partial charge in [-0.3, -0.25) is 4.79 Å². The van der Waals surface area contributed by atoms with Gasteiger partial charge in [-0.15, -0.1) is 0 Å². The van der Waals surface area contributed by atoms with E-state index in [0.717, 1.165) is 16.6 Å². The molecule has 1 N–H and O–H groups in total. The number of hydrogen-bond acceptors (Lipinski definition) is 5. The van der Waals surface area contributed by atoms with E-state index in [9.17, 15) is 9.59 Å². The minimum absolute atomic E-state index is 0.123. The van der Waals surface area contributed by atoms with Crippen LogP contribution in [0.1, 0.15) is 22.8 Å². The van der Waals surface area contributed by atoms with E-state index in [-0.39, 0.29) is 11.8 Å². The lowest BCUT2D eigenvalue weighted by molar-refractivity contribution is -0.142. The molecule has 0 aliphatic carbocycles. The molecule has 0 bridgehead atoms. The molecule has 0 spiro atoms. The summed E-state index contributed by atoms with van der Waals surface area (Å²) in [5, 5.41) is 3.85. The van der Waals surface area contributed by atoms with Crippen LogP contribution in [0.5, 0.6) is 5.75 Å². The number of hydrogen-bond donors (Lipinski definition) is 1. The summed E-state index contributed by atoms with van der Waals surface area (Å²) in [5.74, 6) is 0.261. The molecule has 0 heterocycles. The van der Waals surface area contributed by atoms with E-state index in [1.807, 2.05) is 42.5 Å². The summed E-state index contributed by atoms with van der Waals surface area (Å²) in [4.78, 5) is 24.5. The molecule has 0 aromatic heterocycles. The number of carbonyl (C=O) groups is 2. The fraction of sp³-hybridized carbons (Fsp3) is 0.273. The molecule has 28 heavy (non-hydrogen) atoms. The van der Waals surface area contributed by atoms with Crippen LogP contribution in [0.15, 0.2) is 66.4 Å². The quantitative estimate of drug-likeness (QED) is 0.260. The van der Waals surface area contributed by atoms with Gasteiger partial charge in [-0.1, -0.05) is 58.4 Å². The van der Waals surface area contributed by atoms with Gasteiger partial charge in [0, 0.05) is 29.1 Å². The molecule has 6 heteroatoms. The predicted molar refractivity (Wildman–Crippen MR) is 113 cm³/mol. The zero-order valence-corrected chi connectivity index (χ0v) is 17.6. The largest absolute Gasteiger partial charge is 0.493 e. The average molecular weight is 446 g/mol. The molecule has 1 unspecified atom stereocenters. The van der Waals surface area contributed by atoms with Crippen LogP contribution < -0.4 is 10.1 Å². The van der Waals surface area contributed by atoms with Gasteiger partial charge >= 0.3 is 5.97 Å². The van der Waals surface area contributed by atoms with Gasteiger partial charge < -0.3 is 14.8 Å². The third kappa shape index (κ3) is 6.85. The molecule has 0 amide bonds. The Hall–Kier alpha value is -2.60. The Bertz CT molecular complexity index is 803. The fourth-order valence-electron chi connectivity index (χ4n) is 2.65. The Morgan fingerprint density at radius 3 is 2.39 bits per heavy atom. The third-order valence-electron chi connectivity index (χ3n) is 4.00. The van der Waals surface area contributed by atoms with Crippen LogP contribution in [0.25, 0.3) is 0 Å². The van der Waals surface area contributed by atoms with E-state index in [1.54, 1.807) is 19.1 Å². The van der Waals surface area contributed by atoms with Crippen molar-refractivity contribution in [2.75, 3.05) is 19.0 Å². The molecule has 0 aliphatic heterocycles. The lowest BCUT2D eigenvalue weighted by atomic mass is 10.0. The van der Waals surface area contributed by atoms with Gasteiger partial charge in [0.05, 0.1) is 13.7 Å². The van der Waals surface area contributed by atoms with Gasteiger partial charge in [-0.2, -0.15) is 0 Å².